The minimum absolute atomic E-state index is 0.0127. The first-order valence-corrected chi connectivity index (χ1v) is 7.55. The van der Waals surface area contributed by atoms with E-state index in [9.17, 15) is 4.79 Å². The summed E-state index contributed by atoms with van der Waals surface area (Å²) in [5.74, 6) is 0.941. The zero-order chi connectivity index (χ0) is 12.7. The molecule has 2 unspecified atom stereocenters. The first-order chi connectivity index (χ1) is 8.13. The van der Waals surface area contributed by atoms with Crippen molar-refractivity contribution < 1.29 is 4.79 Å². The van der Waals surface area contributed by atoms with Crippen molar-refractivity contribution in [3.63, 3.8) is 0 Å². The summed E-state index contributed by atoms with van der Waals surface area (Å²) in [6.45, 7) is 2.01. The van der Waals surface area contributed by atoms with Gasteiger partial charge in [-0.05, 0) is 25.2 Å². The molecule has 0 aliphatic heterocycles. The molecule has 17 heavy (non-hydrogen) atoms. The monoisotopic (exact) mass is 269 g/mol. The lowest BCUT2D eigenvalue weighted by atomic mass is 10.1. The van der Waals surface area contributed by atoms with Crippen LogP contribution in [0.1, 0.15) is 12.5 Å². The van der Waals surface area contributed by atoms with Gasteiger partial charge >= 0.3 is 0 Å². The van der Waals surface area contributed by atoms with Crippen LogP contribution in [-0.2, 0) is 11.2 Å². The molecule has 1 N–H and O–H groups in total. The van der Waals surface area contributed by atoms with E-state index < -0.39 is 0 Å². The summed E-state index contributed by atoms with van der Waals surface area (Å²) in [6, 6.07) is 10.2. The molecule has 1 aromatic carbocycles. The molecule has 1 rings (SSSR count). The number of hydrogen-bond donors (Lipinski definition) is 2. The largest absolute Gasteiger partial charge is 0.352 e. The van der Waals surface area contributed by atoms with Gasteiger partial charge in [0, 0.05) is 11.8 Å². The Morgan fingerprint density at radius 3 is 2.65 bits per heavy atom. The number of amides is 1. The van der Waals surface area contributed by atoms with Gasteiger partial charge in [0.05, 0.1) is 5.25 Å². The maximum atomic E-state index is 11.8. The summed E-state index contributed by atoms with van der Waals surface area (Å²) < 4.78 is 0. The number of thiol groups is 1. The Balaban J connectivity index is 2.42. The molecule has 0 radical (unpaired) electrons. The van der Waals surface area contributed by atoms with Gasteiger partial charge in [-0.1, -0.05) is 30.3 Å². The topological polar surface area (TPSA) is 29.1 Å². The molecular weight excluding hydrogens is 250 g/mol. The number of carbonyl (C=O) groups is 1. The number of benzene rings is 1. The van der Waals surface area contributed by atoms with Crippen LogP contribution in [0.25, 0.3) is 0 Å². The van der Waals surface area contributed by atoms with E-state index >= 15 is 0 Å². The van der Waals surface area contributed by atoms with Gasteiger partial charge in [0.15, 0.2) is 0 Å². The van der Waals surface area contributed by atoms with Crippen LogP contribution in [0.15, 0.2) is 30.3 Å². The average Bonchev–Trinajstić information content (AvgIpc) is 2.30. The fourth-order valence-electron chi connectivity index (χ4n) is 1.56. The van der Waals surface area contributed by atoms with Crippen molar-refractivity contribution in [3.8, 4) is 0 Å². The molecule has 0 spiro atoms. The summed E-state index contributed by atoms with van der Waals surface area (Å²) in [5, 5.41) is 2.69. The summed E-state index contributed by atoms with van der Waals surface area (Å²) in [6.07, 6.45) is 2.70. The second-order valence-electron chi connectivity index (χ2n) is 4.07. The van der Waals surface area contributed by atoms with Crippen LogP contribution in [0.5, 0.6) is 0 Å². The van der Waals surface area contributed by atoms with Gasteiger partial charge in [-0.25, -0.2) is 0 Å². The van der Waals surface area contributed by atoms with Crippen molar-refractivity contribution >= 4 is 30.3 Å². The molecule has 0 heterocycles. The highest BCUT2D eigenvalue weighted by molar-refractivity contribution is 7.98. The maximum absolute atomic E-state index is 11.8. The van der Waals surface area contributed by atoms with Crippen molar-refractivity contribution in [2.24, 2.45) is 0 Å². The van der Waals surface area contributed by atoms with Gasteiger partial charge in [0.25, 0.3) is 0 Å². The molecule has 0 aliphatic carbocycles. The fraction of sp³-hybridized carbons (Fsp3) is 0.462. The van der Waals surface area contributed by atoms with Crippen LogP contribution < -0.4 is 5.32 Å². The van der Waals surface area contributed by atoms with Gasteiger partial charge < -0.3 is 5.32 Å². The zero-order valence-electron chi connectivity index (χ0n) is 10.2. The SMILES string of the molecule is CSCC(C)NC(=O)C(S)Cc1ccccc1. The molecule has 2 nitrogen and oxygen atoms in total. The predicted molar refractivity (Wildman–Crippen MR) is 78.9 cm³/mol. The average molecular weight is 269 g/mol. The molecule has 0 saturated carbocycles. The van der Waals surface area contributed by atoms with Crippen molar-refractivity contribution in [1.29, 1.82) is 0 Å². The van der Waals surface area contributed by atoms with Crippen LogP contribution in [-0.4, -0.2) is 29.2 Å². The molecule has 4 heteroatoms. The van der Waals surface area contributed by atoms with Gasteiger partial charge in [0.1, 0.15) is 0 Å². The van der Waals surface area contributed by atoms with E-state index in [-0.39, 0.29) is 17.2 Å². The summed E-state index contributed by atoms with van der Waals surface area (Å²) in [4.78, 5) is 11.8. The second-order valence-corrected chi connectivity index (χ2v) is 5.60. The van der Waals surface area contributed by atoms with E-state index in [1.54, 1.807) is 11.8 Å². The summed E-state index contributed by atoms with van der Waals surface area (Å²) in [5.41, 5.74) is 1.14. The summed E-state index contributed by atoms with van der Waals surface area (Å²) >= 11 is 6.09. The lowest BCUT2D eigenvalue weighted by Gasteiger charge is -2.16. The lowest BCUT2D eigenvalue weighted by molar-refractivity contribution is -0.120. The minimum Gasteiger partial charge on any atom is -0.352 e. The molecule has 2 atom stereocenters. The Morgan fingerprint density at radius 2 is 2.06 bits per heavy atom. The number of thioether (sulfide) groups is 1. The fourth-order valence-corrected chi connectivity index (χ4v) is 2.43. The summed E-state index contributed by atoms with van der Waals surface area (Å²) in [7, 11) is 0. The van der Waals surface area contributed by atoms with Crippen LogP contribution in [0.2, 0.25) is 0 Å². The first-order valence-electron chi connectivity index (χ1n) is 5.64. The van der Waals surface area contributed by atoms with E-state index in [0.29, 0.717) is 6.42 Å². The standard InChI is InChI=1S/C13H19NOS2/c1-10(9-17-2)14-13(15)12(16)8-11-6-4-3-5-7-11/h3-7,10,12,16H,8-9H2,1-2H3,(H,14,15). The van der Waals surface area contributed by atoms with Gasteiger partial charge in [0.2, 0.25) is 5.91 Å². The smallest absolute Gasteiger partial charge is 0.233 e. The van der Waals surface area contributed by atoms with E-state index in [1.807, 2.05) is 43.5 Å². The van der Waals surface area contributed by atoms with Crippen molar-refractivity contribution in [3.05, 3.63) is 35.9 Å². The molecule has 0 aliphatic rings. The van der Waals surface area contributed by atoms with Crippen molar-refractivity contribution in [1.82, 2.24) is 5.32 Å². The van der Waals surface area contributed by atoms with Gasteiger partial charge in [-0.15, -0.1) is 0 Å². The molecule has 0 fully saturated rings. The van der Waals surface area contributed by atoms with Gasteiger partial charge in [-0.3, -0.25) is 4.79 Å². The lowest BCUT2D eigenvalue weighted by Crippen LogP contribution is -2.39. The molecule has 94 valence electrons. The minimum atomic E-state index is -0.276. The highest BCUT2D eigenvalue weighted by Crippen LogP contribution is 2.08. The molecule has 0 aromatic heterocycles. The molecule has 1 aromatic rings. The number of rotatable bonds is 6. The normalized spacial score (nSPS) is 14.1. The van der Waals surface area contributed by atoms with Crippen molar-refractivity contribution in [2.75, 3.05) is 12.0 Å². The highest BCUT2D eigenvalue weighted by atomic mass is 32.2. The van der Waals surface area contributed by atoms with E-state index in [1.165, 1.54) is 0 Å². The zero-order valence-corrected chi connectivity index (χ0v) is 11.9. The third kappa shape index (κ3) is 5.50. The van der Waals surface area contributed by atoms with E-state index in [2.05, 4.69) is 17.9 Å². The van der Waals surface area contributed by atoms with Crippen LogP contribution in [0, 0.1) is 0 Å². The highest BCUT2D eigenvalue weighted by Gasteiger charge is 2.16. The number of carbonyl (C=O) groups excluding carboxylic acids is 1. The number of nitrogens with one attached hydrogen (secondary N) is 1. The van der Waals surface area contributed by atoms with Crippen LogP contribution in [0.3, 0.4) is 0 Å². The quantitative estimate of drug-likeness (QED) is 0.777. The van der Waals surface area contributed by atoms with Crippen LogP contribution in [0.4, 0.5) is 0 Å². The van der Waals surface area contributed by atoms with Gasteiger partial charge in [-0.2, -0.15) is 24.4 Å². The second kappa shape index (κ2) is 7.67. The van der Waals surface area contributed by atoms with Crippen molar-refractivity contribution in [2.45, 2.75) is 24.6 Å². The predicted octanol–water partition coefficient (Wildman–Crippen LogP) is 2.40. The first kappa shape index (κ1) is 14.5. The molecular formula is C13H19NOS2. The van der Waals surface area contributed by atoms with E-state index in [0.717, 1.165) is 11.3 Å². The Kier molecular flexibility index (Phi) is 6.52. The Bertz CT molecular complexity index is 343. The van der Waals surface area contributed by atoms with Crippen LogP contribution >= 0.6 is 24.4 Å². The molecule has 0 saturated heterocycles. The maximum Gasteiger partial charge on any atom is 0.233 e. The number of hydrogen-bond acceptors (Lipinski definition) is 3. The Hall–Kier alpha value is -0.610. The molecule has 0 bridgehead atoms. The van der Waals surface area contributed by atoms with E-state index in [4.69, 9.17) is 0 Å². The molecule has 1 amide bonds. The third-order valence-corrected chi connectivity index (χ3v) is 3.63. The Labute approximate surface area is 113 Å². The third-order valence-electron chi connectivity index (χ3n) is 2.38. The Morgan fingerprint density at radius 1 is 1.41 bits per heavy atom.